The first-order valence-electron chi connectivity index (χ1n) is 11.3. The largest absolute Gasteiger partial charge is 0.521 e. The van der Waals surface area contributed by atoms with Crippen LogP contribution in [-0.2, 0) is 0 Å². The second kappa shape index (κ2) is 9.82. The number of aldehydes is 1. The van der Waals surface area contributed by atoms with Crippen LogP contribution in [0.3, 0.4) is 0 Å². The third-order valence-corrected chi connectivity index (χ3v) is 7.38. The van der Waals surface area contributed by atoms with Gasteiger partial charge in [0.1, 0.15) is 0 Å². The summed E-state index contributed by atoms with van der Waals surface area (Å²) in [6, 6.07) is 3.15. The summed E-state index contributed by atoms with van der Waals surface area (Å²) in [7, 11) is 0. The van der Waals surface area contributed by atoms with Gasteiger partial charge in [0, 0.05) is 42.9 Å². The lowest BCUT2D eigenvalue weighted by Crippen LogP contribution is -2.58. The number of hydrogen-bond acceptors (Lipinski definition) is 7. The normalized spacial score (nSPS) is 20.1. The minimum atomic E-state index is -0.943. The molecule has 0 spiro atoms. The van der Waals surface area contributed by atoms with Crippen molar-refractivity contribution in [1.82, 2.24) is 24.8 Å². The molecule has 0 bridgehead atoms. The minimum Gasteiger partial charge on any atom is -0.435 e. The summed E-state index contributed by atoms with van der Waals surface area (Å²) in [6.45, 7) is 5.36. The van der Waals surface area contributed by atoms with E-state index in [0.29, 0.717) is 57.6 Å². The molecule has 4 rings (SSSR count). The Bertz CT molecular complexity index is 1220. The first-order valence-corrected chi connectivity index (χ1v) is 12.1. The smallest absolute Gasteiger partial charge is 0.435 e. The lowest BCUT2D eigenvalue weighted by atomic mass is 9.93. The number of quaternary nitrogens is 1. The number of carbonyl (C=O) groups is 3. The second-order valence-corrected chi connectivity index (χ2v) is 9.36. The van der Waals surface area contributed by atoms with Crippen molar-refractivity contribution < 1.29 is 19.5 Å². The van der Waals surface area contributed by atoms with Gasteiger partial charge < -0.3 is 10.4 Å². The Balaban J connectivity index is 1.64. The number of hydrogen-bond donors (Lipinski definition) is 3. The van der Waals surface area contributed by atoms with E-state index in [1.54, 1.807) is 24.5 Å². The molecule has 3 aromatic rings. The number of carbonyl (C=O) groups excluding carboxylic acids is 2. The maximum absolute atomic E-state index is 12.2. The van der Waals surface area contributed by atoms with Crippen molar-refractivity contribution in [3.63, 3.8) is 0 Å². The number of nitrogens with one attached hydrogen (secondary N) is 2. The van der Waals surface area contributed by atoms with Gasteiger partial charge >= 0.3 is 18.1 Å². The molecule has 1 fully saturated rings. The van der Waals surface area contributed by atoms with Crippen LogP contribution >= 0.6 is 11.3 Å². The van der Waals surface area contributed by atoms with Gasteiger partial charge in [-0.2, -0.15) is 19.2 Å². The molecule has 0 atom stereocenters. The number of amides is 3. The quantitative estimate of drug-likeness (QED) is 0.347. The highest BCUT2D eigenvalue weighted by atomic mass is 32.1. The number of nitrogens with zero attached hydrogens (tertiary/aromatic N) is 4. The lowest BCUT2D eigenvalue weighted by Gasteiger charge is -2.36. The Kier molecular flexibility index (Phi) is 6.85. The van der Waals surface area contributed by atoms with Gasteiger partial charge in [-0.1, -0.05) is 24.7 Å². The number of aromatic nitrogens is 3. The molecule has 11 heteroatoms. The molecule has 34 heavy (non-hydrogen) atoms. The van der Waals surface area contributed by atoms with Crippen LogP contribution in [0.1, 0.15) is 43.5 Å². The molecule has 0 radical (unpaired) electrons. The molecule has 1 saturated heterocycles. The Morgan fingerprint density at radius 2 is 1.88 bits per heavy atom. The van der Waals surface area contributed by atoms with E-state index >= 15 is 0 Å². The Morgan fingerprint density at radius 1 is 1.18 bits per heavy atom. The first-order chi connectivity index (χ1) is 16.4. The summed E-state index contributed by atoms with van der Waals surface area (Å²) >= 11 is 1.22. The molecule has 0 aliphatic carbocycles. The molecule has 3 amide bonds. The summed E-state index contributed by atoms with van der Waals surface area (Å²) in [4.78, 5) is 49.1. The Hall–Kier alpha value is -3.44. The molecule has 1 aliphatic rings. The summed E-state index contributed by atoms with van der Waals surface area (Å²) in [5.74, 6) is 0.800. The minimum absolute atomic E-state index is 0.268. The fourth-order valence-corrected chi connectivity index (χ4v) is 5.22. The number of anilines is 1. The topological polar surface area (TPSA) is 134 Å². The number of carboxylic acid groups (broad SMARTS) is 1. The molecule has 0 unspecified atom stereocenters. The van der Waals surface area contributed by atoms with Gasteiger partial charge in [0.25, 0.3) is 0 Å². The van der Waals surface area contributed by atoms with Crippen molar-refractivity contribution in [1.29, 1.82) is 0 Å². The van der Waals surface area contributed by atoms with E-state index in [1.165, 1.54) is 11.3 Å². The van der Waals surface area contributed by atoms with Gasteiger partial charge in [-0.25, -0.2) is 9.78 Å². The van der Waals surface area contributed by atoms with E-state index in [9.17, 15) is 19.5 Å². The fraction of sp³-hybridized carbons (Fsp3) is 0.391. The van der Waals surface area contributed by atoms with Crippen molar-refractivity contribution in [3.8, 4) is 11.1 Å². The molecule has 3 heterocycles. The maximum Gasteiger partial charge on any atom is 0.521 e. The van der Waals surface area contributed by atoms with Gasteiger partial charge in [0.15, 0.2) is 11.4 Å². The average molecular weight is 484 g/mol. The summed E-state index contributed by atoms with van der Waals surface area (Å²) in [6.07, 6.45) is 5.67. The lowest BCUT2D eigenvalue weighted by molar-refractivity contribution is 0.112. The van der Waals surface area contributed by atoms with E-state index in [0.717, 1.165) is 25.5 Å². The molecule has 3 N–H and O–H groups in total. The third kappa shape index (κ3) is 4.48. The van der Waals surface area contributed by atoms with E-state index in [-0.39, 0.29) is 16.5 Å². The predicted octanol–water partition coefficient (Wildman–Crippen LogP) is 4.51. The SMILES string of the molecule is CCNC(=O)Nc1nc2cc(-c3cnc([N+]4(C(=O)O)CCC(CC)CC4)nc3)cc(C=O)c2s1. The van der Waals surface area contributed by atoms with Crippen molar-refractivity contribution in [3.05, 3.63) is 30.1 Å². The van der Waals surface area contributed by atoms with Crippen molar-refractivity contribution >= 4 is 51.0 Å². The number of piperidine rings is 1. The van der Waals surface area contributed by atoms with Crippen LogP contribution in [0.5, 0.6) is 0 Å². The van der Waals surface area contributed by atoms with Gasteiger partial charge in [0.2, 0.25) is 0 Å². The monoisotopic (exact) mass is 483 g/mol. The number of benzene rings is 1. The zero-order chi connectivity index (χ0) is 24.3. The van der Waals surface area contributed by atoms with E-state index in [2.05, 4.69) is 32.5 Å². The zero-order valence-electron chi connectivity index (χ0n) is 19.1. The first kappa shape index (κ1) is 23.7. The third-order valence-electron chi connectivity index (χ3n) is 6.34. The van der Waals surface area contributed by atoms with Crippen LogP contribution in [0.2, 0.25) is 0 Å². The van der Waals surface area contributed by atoms with Crippen LogP contribution in [0.4, 0.5) is 20.7 Å². The number of rotatable bonds is 6. The van der Waals surface area contributed by atoms with E-state index < -0.39 is 6.09 Å². The summed E-state index contributed by atoms with van der Waals surface area (Å²) in [5, 5.41) is 15.7. The van der Waals surface area contributed by atoms with Crippen LogP contribution in [0, 0.1) is 5.92 Å². The zero-order valence-corrected chi connectivity index (χ0v) is 19.9. The highest BCUT2D eigenvalue weighted by Gasteiger charge is 2.45. The number of likely N-dealkylation sites (tertiary alicyclic amines) is 1. The van der Waals surface area contributed by atoms with Crippen molar-refractivity contribution in [2.45, 2.75) is 33.1 Å². The van der Waals surface area contributed by atoms with Crippen LogP contribution in [0.25, 0.3) is 21.3 Å². The highest BCUT2D eigenvalue weighted by Crippen LogP contribution is 2.34. The highest BCUT2D eigenvalue weighted by molar-refractivity contribution is 7.22. The van der Waals surface area contributed by atoms with Gasteiger partial charge in [0.05, 0.1) is 23.3 Å². The Labute approximate surface area is 200 Å². The van der Waals surface area contributed by atoms with Gasteiger partial charge in [-0.15, -0.1) is 0 Å². The molecule has 178 valence electrons. The molecule has 1 aromatic carbocycles. The summed E-state index contributed by atoms with van der Waals surface area (Å²) < 4.78 is 0.397. The number of fused-ring (bicyclic) bond motifs is 1. The van der Waals surface area contributed by atoms with Crippen LogP contribution in [-0.4, -0.2) is 58.1 Å². The number of thiazole rings is 1. The maximum atomic E-state index is 12.2. The molecule has 10 nitrogen and oxygen atoms in total. The average Bonchev–Trinajstić information content (AvgIpc) is 3.25. The summed E-state index contributed by atoms with van der Waals surface area (Å²) in [5.41, 5.74) is 2.33. The molecular formula is C23H27N6O4S+. The van der Waals surface area contributed by atoms with E-state index in [1.807, 2.05) is 6.92 Å². The molecule has 0 saturated carbocycles. The predicted molar refractivity (Wildman–Crippen MR) is 131 cm³/mol. The van der Waals surface area contributed by atoms with Crippen molar-refractivity contribution in [2.75, 3.05) is 25.0 Å². The van der Waals surface area contributed by atoms with Crippen LogP contribution in [0.15, 0.2) is 24.5 Å². The molecule has 1 aliphatic heterocycles. The van der Waals surface area contributed by atoms with Gasteiger partial charge in [-0.3, -0.25) is 10.1 Å². The van der Waals surface area contributed by atoms with Gasteiger partial charge in [-0.05, 0) is 30.5 Å². The molecular weight excluding hydrogens is 456 g/mol. The second-order valence-electron chi connectivity index (χ2n) is 8.36. The fourth-order valence-electron chi connectivity index (χ4n) is 4.31. The van der Waals surface area contributed by atoms with E-state index in [4.69, 9.17) is 0 Å². The number of urea groups is 1. The van der Waals surface area contributed by atoms with Crippen molar-refractivity contribution in [2.24, 2.45) is 5.92 Å². The molecule has 2 aromatic heterocycles. The standard InChI is InChI=1S/C23H26N6O4S/c1-3-14-5-7-29(8-6-14,23(32)33)20-25-11-17(12-26-20)15-9-16(13-30)19-18(10-15)27-22(34-19)28-21(31)24-4-2/h9-14H,3-8H2,1-2H3,(H2-,24,27,28,31,32,33)/p+1. The Morgan fingerprint density at radius 3 is 2.47 bits per heavy atom. The van der Waals surface area contributed by atoms with Crippen LogP contribution < -0.4 is 15.1 Å².